The zero-order valence-electron chi connectivity index (χ0n) is 10.0. The van der Waals surface area contributed by atoms with Crippen molar-refractivity contribution in [2.24, 2.45) is 5.73 Å². The van der Waals surface area contributed by atoms with Gasteiger partial charge in [0.2, 0.25) is 10.0 Å². The monoisotopic (exact) mass is 306 g/mol. The minimum Gasteiger partial charge on any atom is -0.385 e. The minimum atomic E-state index is -5.36. The zero-order valence-corrected chi connectivity index (χ0v) is 10.8. The molecule has 0 aliphatic carbocycles. The molecule has 0 bridgehead atoms. The van der Waals surface area contributed by atoms with Crippen LogP contribution < -0.4 is 10.5 Å². The second-order valence-corrected chi connectivity index (χ2v) is 5.97. The third-order valence-corrected chi connectivity index (χ3v) is 3.73. The number of carbonyl (C=O) groups is 2. The summed E-state index contributed by atoms with van der Waals surface area (Å²) in [7, 11) is -3.95. The average Bonchev–Trinajstić information content (AvgIpc) is 2.23. The number of nitrogens with two attached hydrogens (primary N) is 1. The maximum atomic E-state index is 11.8. The number of rotatable bonds is 5. The highest BCUT2D eigenvalue weighted by Crippen LogP contribution is 2.16. The predicted octanol–water partition coefficient (Wildman–Crippen LogP) is -0.726. The highest BCUT2D eigenvalue weighted by atomic mass is 32.2. The Bertz CT molecular complexity index is 446. The predicted molar refractivity (Wildman–Crippen MR) is 57.2 cm³/mol. The lowest BCUT2D eigenvalue weighted by atomic mass is 10.3. The number of carbonyl (C=O) groups excluding carboxylic acids is 2. The first-order valence-corrected chi connectivity index (χ1v) is 6.50. The number of ether oxygens (including phenoxy) is 1. The van der Waals surface area contributed by atoms with Gasteiger partial charge in [0.15, 0.2) is 0 Å². The molecule has 0 rings (SSSR count). The van der Waals surface area contributed by atoms with Gasteiger partial charge in [-0.05, 0) is 13.8 Å². The van der Waals surface area contributed by atoms with Gasteiger partial charge in [0.05, 0.1) is 5.25 Å². The highest BCUT2D eigenvalue weighted by Gasteiger charge is 2.43. The van der Waals surface area contributed by atoms with Crippen molar-refractivity contribution in [1.82, 2.24) is 4.72 Å². The number of halogens is 3. The Balaban J connectivity index is 4.82. The molecule has 0 heterocycles. The van der Waals surface area contributed by atoms with Crippen LogP contribution in [0.2, 0.25) is 0 Å². The van der Waals surface area contributed by atoms with E-state index in [9.17, 15) is 31.2 Å². The van der Waals surface area contributed by atoms with Crippen LogP contribution in [-0.2, 0) is 24.3 Å². The van der Waals surface area contributed by atoms with Gasteiger partial charge in [-0.3, -0.25) is 0 Å². The van der Waals surface area contributed by atoms with E-state index in [2.05, 4.69) is 4.74 Å². The zero-order chi connectivity index (χ0) is 15.4. The van der Waals surface area contributed by atoms with Crippen LogP contribution in [0.1, 0.15) is 13.8 Å². The van der Waals surface area contributed by atoms with Gasteiger partial charge in [0.25, 0.3) is 0 Å². The first kappa shape index (κ1) is 17.8. The van der Waals surface area contributed by atoms with Crippen molar-refractivity contribution < 1.29 is 35.9 Å². The number of esters is 2. The Labute approximate surface area is 107 Å². The Morgan fingerprint density at radius 2 is 1.79 bits per heavy atom. The molecule has 0 aliphatic rings. The maximum absolute atomic E-state index is 11.8. The number of sulfonamides is 1. The summed E-state index contributed by atoms with van der Waals surface area (Å²) < 4.78 is 63.6. The van der Waals surface area contributed by atoms with Crippen molar-refractivity contribution in [3.8, 4) is 0 Å². The van der Waals surface area contributed by atoms with Gasteiger partial charge in [-0.1, -0.05) is 0 Å². The third-order valence-electron chi connectivity index (χ3n) is 1.87. The van der Waals surface area contributed by atoms with Crippen LogP contribution in [0.5, 0.6) is 0 Å². The molecule has 112 valence electrons. The topological polar surface area (TPSA) is 116 Å². The van der Waals surface area contributed by atoms with E-state index in [1.165, 1.54) is 13.8 Å². The number of alkyl halides is 3. The summed E-state index contributed by atoms with van der Waals surface area (Å²) in [5, 5.41) is -0.937. The maximum Gasteiger partial charge on any atom is 0.491 e. The molecule has 0 saturated heterocycles. The Hall–Kier alpha value is -1.20. The SMILES string of the molecule is CC(C)S(=O)(=O)N[C@@H](CN)C(=O)OC(=O)C(F)(F)F. The van der Waals surface area contributed by atoms with Crippen LogP contribution in [0.3, 0.4) is 0 Å². The molecule has 7 nitrogen and oxygen atoms in total. The standard InChI is InChI=1S/C8H13F3N2O5S/c1-4(2)19(16,17)13-5(3-12)6(14)18-7(15)8(9,10)11/h4-5,13H,3,12H2,1-2H3/t5-/m0/s1. The van der Waals surface area contributed by atoms with E-state index in [0.29, 0.717) is 0 Å². The summed E-state index contributed by atoms with van der Waals surface area (Å²) in [4.78, 5) is 21.6. The fourth-order valence-corrected chi connectivity index (χ4v) is 1.61. The van der Waals surface area contributed by atoms with Crippen molar-refractivity contribution in [2.75, 3.05) is 6.54 Å². The molecule has 0 fully saturated rings. The molecule has 0 aromatic carbocycles. The molecule has 0 aromatic rings. The first-order chi connectivity index (χ1) is 8.41. The number of hydrogen-bond acceptors (Lipinski definition) is 6. The number of nitrogens with one attached hydrogen (secondary N) is 1. The van der Waals surface area contributed by atoms with Crippen molar-refractivity contribution >= 4 is 22.0 Å². The normalized spacial score (nSPS) is 14.3. The summed E-state index contributed by atoms with van der Waals surface area (Å²) in [5.74, 6) is -4.45. The molecule has 0 aliphatic heterocycles. The van der Waals surface area contributed by atoms with E-state index >= 15 is 0 Å². The third kappa shape index (κ3) is 5.53. The van der Waals surface area contributed by atoms with Crippen molar-refractivity contribution in [3.05, 3.63) is 0 Å². The van der Waals surface area contributed by atoms with Crippen LogP contribution in [0, 0.1) is 0 Å². The van der Waals surface area contributed by atoms with Crippen molar-refractivity contribution in [1.29, 1.82) is 0 Å². The second kappa shape index (κ2) is 6.30. The van der Waals surface area contributed by atoms with Crippen molar-refractivity contribution in [2.45, 2.75) is 31.3 Å². The largest absolute Gasteiger partial charge is 0.491 e. The quantitative estimate of drug-likeness (QED) is 0.511. The van der Waals surface area contributed by atoms with Gasteiger partial charge in [-0.25, -0.2) is 18.0 Å². The fraction of sp³-hybridized carbons (Fsp3) is 0.750. The van der Waals surface area contributed by atoms with E-state index in [0.717, 1.165) is 0 Å². The van der Waals surface area contributed by atoms with Gasteiger partial charge in [-0.15, -0.1) is 0 Å². The molecule has 11 heteroatoms. The molecule has 0 aromatic heterocycles. The van der Waals surface area contributed by atoms with Crippen molar-refractivity contribution in [3.63, 3.8) is 0 Å². The molecule has 0 spiro atoms. The fourth-order valence-electron chi connectivity index (χ4n) is 0.747. The van der Waals surface area contributed by atoms with Crippen LogP contribution in [0.4, 0.5) is 13.2 Å². The molecule has 1 atom stereocenters. The summed E-state index contributed by atoms with van der Waals surface area (Å²) in [6.45, 7) is 1.90. The average molecular weight is 306 g/mol. The lowest BCUT2D eigenvalue weighted by molar-refractivity contribution is -0.202. The van der Waals surface area contributed by atoms with Crippen LogP contribution in [0.25, 0.3) is 0 Å². The van der Waals surface area contributed by atoms with E-state index in [4.69, 9.17) is 5.73 Å². The molecule has 0 saturated carbocycles. The van der Waals surface area contributed by atoms with Gasteiger partial charge >= 0.3 is 18.1 Å². The molecule has 0 radical (unpaired) electrons. The highest BCUT2D eigenvalue weighted by molar-refractivity contribution is 7.90. The lowest BCUT2D eigenvalue weighted by Crippen LogP contribution is -2.49. The molecular formula is C8H13F3N2O5S. The number of hydrogen-bond donors (Lipinski definition) is 2. The molecule has 3 N–H and O–H groups in total. The van der Waals surface area contributed by atoms with Crippen LogP contribution in [0.15, 0.2) is 0 Å². The lowest BCUT2D eigenvalue weighted by Gasteiger charge is -2.17. The molecule has 0 amide bonds. The van der Waals surface area contributed by atoms with Gasteiger partial charge in [0.1, 0.15) is 6.04 Å². The van der Waals surface area contributed by atoms with E-state index in [1.54, 1.807) is 4.72 Å². The summed E-state index contributed by atoms with van der Waals surface area (Å²) in [6, 6.07) is -1.77. The Morgan fingerprint density at radius 3 is 2.11 bits per heavy atom. The molecule has 0 unspecified atom stereocenters. The van der Waals surface area contributed by atoms with Gasteiger partial charge < -0.3 is 10.5 Å². The minimum absolute atomic E-state index is 0.657. The van der Waals surface area contributed by atoms with Crippen LogP contribution >= 0.6 is 0 Å². The van der Waals surface area contributed by atoms with Crippen LogP contribution in [-0.4, -0.2) is 44.4 Å². The Kier molecular flexibility index (Phi) is 5.90. The summed E-state index contributed by atoms with van der Waals surface area (Å²) >= 11 is 0. The molecule has 19 heavy (non-hydrogen) atoms. The Morgan fingerprint density at radius 1 is 1.32 bits per heavy atom. The first-order valence-electron chi connectivity index (χ1n) is 4.96. The van der Waals surface area contributed by atoms with E-state index in [-0.39, 0.29) is 0 Å². The van der Waals surface area contributed by atoms with E-state index in [1.807, 2.05) is 0 Å². The summed E-state index contributed by atoms with van der Waals surface area (Å²) in [5.41, 5.74) is 5.05. The van der Waals surface area contributed by atoms with Gasteiger partial charge in [0, 0.05) is 6.54 Å². The summed E-state index contributed by atoms with van der Waals surface area (Å²) in [6.07, 6.45) is -5.36. The molecular weight excluding hydrogens is 293 g/mol. The van der Waals surface area contributed by atoms with Gasteiger partial charge in [-0.2, -0.15) is 17.9 Å². The second-order valence-electron chi connectivity index (χ2n) is 3.71. The smallest absolute Gasteiger partial charge is 0.385 e. The van der Waals surface area contributed by atoms with E-state index < -0.39 is 46.0 Å².